The number of rotatable bonds is 9. The van der Waals surface area contributed by atoms with Gasteiger partial charge in [-0.1, -0.05) is 40.5 Å². The van der Waals surface area contributed by atoms with E-state index in [1.165, 1.54) is 12.8 Å². The Hall–Kier alpha value is -0.570. The molecule has 16 heavy (non-hydrogen) atoms. The molecule has 0 amide bonds. The van der Waals surface area contributed by atoms with E-state index in [0.717, 1.165) is 12.8 Å². The van der Waals surface area contributed by atoms with Gasteiger partial charge in [-0.3, -0.25) is 4.79 Å². The van der Waals surface area contributed by atoms with Crippen LogP contribution < -0.4 is 5.32 Å². The Morgan fingerprint density at radius 3 is 2.31 bits per heavy atom. The van der Waals surface area contributed by atoms with Crippen LogP contribution in [-0.4, -0.2) is 23.2 Å². The molecule has 0 saturated heterocycles. The standard InChI is InChI=1S/C13H27NO2/c1-5-7-8-11(6-2)14-12(13(15)16)9-10(3)4/h10-12,14H,5-9H2,1-4H3,(H,15,16). The minimum Gasteiger partial charge on any atom is -0.480 e. The maximum atomic E-state index is 11.1. The molecular weight excluding hydrogens is 202 g/mol. The van der Waals surface area contributed by atoms with E-state index in [2.05, 4.69) is 33.0 Å². The van der Waals surface area contributed by atoms with E-state index < -0.39 is 5.97 Å². The zero-order valence-corrected chi connectivity index (χ0v) is 11.1. The van der Waals surface area contributed by atoms with Gasteiger partial charge in [0.25, 0.3) is 0 Å². The van der Waals surface area contributed by atoms with Crippen LogP contribution in [0.25, 0.3) is 0 Å². The molecule has 0 aromatic heterocycles. The summed E-state index contributed by atoms with van der Waals surface area (Å²) in [5.41, 5.74) is 0. The SMILES string of the molecule is CCCCC(CC)NC(CC(C)C)C(=O)O. The minimum absolute atomic E-state index is 0.347. The Kier molecular flexibility index (Phi) is 8.26. The third-order valence-electron chi connectivity index (χ3n) is 2.84. The van der Waals surface area contributed by atoms with Crippen molar-refractivity contribution in [2.75, 3.05) is 0 Å². The van der Waals surface area contributed by atoms with Crippen molar-refractivity contribution in [3.8, 4) is 0 Å². The molecular formula is C13H27NO2. The zero-order valence-electron chi connectivity index (χ0n) is 11.1. The lowest BCUT2D eigenvalue weighted by atomic mass is 10.0. The van der Waals surface area contributed by atoms with Crippen LogP contribution in [0.3, 0.4) is 0 Å². The van der Waals surface area contributed by atoms with Gasteiger partial charge in [0, 0.05) is 6.04 Å². The third-order valence-corrected chi connectivity index (χ3v) is 2.84. The van der Waals surface area contributed by atoms with E-state index in [4.69, 9.17) is 5.11 Å². The lowest BCUT2D eigenvalue weighted by molar-refractivity contribution is -0.140. The summed E-state index contributed by atoms with van der Waals surface area (Å²) in [4.78, 5) is 11.1. The Balaban J connectivity index is 4.17. The Morgan fingerprint density at radius 1 is 1.31 bits per heavy atom. The summed E-state index contributed by atoms with van der Waals surface area (Å²) >= 11 is 0. The van der Waals surface area contributed by atoms with Gasteiger partial charge in [0.1, 0.15) is 6.04 Å². The predicted molar refractivity (Wildman–Crippen MR) is 67.6 cm³/mol. The summed E-state index contributed by atoms with van der Waals surface area (Å²) in [5.74, 6) is -0.305. The van der Waals surface area contributed by atoms with Crippen molar-refractivity contribution in [2.45, 2.75) is 71.9 Å². The molecule has 3 heteroatoms. The molecule has 2 atom stereocenters. The van der Waals surface area contributed by atoms with Crippen LogP contribution in [0.2, 0.25) is 0 Å². The number of hydrogen-bond donors (Lipinski definition) is 2. The average Bonchev–Trinajstić information content (AvgIpc) is 2.21. The molecule has 0 spiro atoms. The molecule has 0 heterocycles. The topological polar surface area (TPSA) is 49.3 Å². The Bertz CT molecular complexity index is 192. The molecule has 0 aromatic carbocycles. The van der Waals surface area contributed by atoms with Crippen molar-refractivity contribution in [1.29, 1.82) is 0 Å². The number of hydrogen-bond acceptors (Lipinski definition) is 2. The molecule has 96 valence electrons. The molecule has 2 N–H and O–H groups in total. The summed E-state index contributed by atoms with van der Waals surface area (Å²) in [6.45, 7) is 8.40. The highest BCUT2D eigenvalue weighted by Gasteiger charge is 2.21. The highest BCUT2D eigenvalue weighted by atomic mass is 16.4. The van der Waals surface area contributed by atoms with Gasteiger partial charge in [-0.25, -0.2) is 0 Å². The third kappa shape index (κ3) is 6.83. The number of aliphatic carboxylic acids is 1. The number of carbonyl (C=O) groups is 1. The fraction of sp³-hybridized carbons (Fsp3) is 0.923. The zero-order chi connectivity index (χ0) is 12.6. The number of nitrogens with one attached hydrogen (secondary N) is 1. The second-order valence-corrected chi connectivity index (χ2v) is 4.93. The summed E-state index contributed by atoms with van der Waals surface area (Å²) in [7, 11) is 0. The summed E-state index contributed by atoms with van der Waals surface area (Å²) in [5, 5.41) is 12.4. The Morgan fingerprint density at radius 2 is 1.94 bits per heavy atom. The molecule has 0 radical (unpaired) electrons. The second kappa shape index (κ2) is 8.57. The largest absolute Gasteiger partial charge is 0.480 e. The smallest absolute Gasteiger partial charge is 0.320 e. The summed E-state index contributed by atoms with van der Waals surface area (Å²) < 4.78 is 0. The van der Waals surface area contributed by atoms with Crippen LogP contribution in [0.4, 0.5) is 0 Å². The molecule has 0 saturated carbocycles. The number of carboxylic acid groups (broad SMARTS) is 1. The van der Waals surface area contributed by atoms with Gasteiger partial charge in [0.2, 0.25) is 0 Å². The van der Waals surface area contributed by atoms with Crippen molar-refractivity contribution in [1.82, 2.24) is 5.32 Å². The van der Waals surface area contributed by atoms with E-state index in [9.17, 15) is 4.79 Å². The molecule has 0 aromatic rings. The lowest BCUT2D eigenvalue weighted by Crippen LogP contribution is -2.43. The molecule has 0 rings (SSSR count). The molecule has 2 unspecified atom stereocenters. The normalized spacial score (nSPS) is 15.1. The minimum atomic E-state index is -0.719. The van der Waals surface area contributed by atoms with Crippen molar-refractivity contribution < 1.29 is 9.90 Å². The van der Waals surface area contributed by atoms with Crippen LogP contribution in [0.1, 0.15) is 59.8 Å². The highest BCUT2D eigenvalue weighted by molar-refractivity contribution is 5.73. The second-order valence-electron chi connectivity index (χ2n) is 4.93. The van der Waals surface area contributed by atoms with Crippen LogP contribution >= 0.6 is 0 Å². The van der Waals surface area contributed by atoms with Gasteiger partial charge in [0.15, 0.2) is 0 Å². The van der Waals surface area contributed by atoms with Gasteiger partial charge in [0.05, 0.1) is 0 Å². The van der Waals surface area contributed by atoms with Crippen LogP contribution in [-0.2, 0) is 4.79 Å². The summed E-state index contributed by atoms with van der Waals surface area (Å²) in [6, 6.07) is -0.0402. The maximum absolute atomic E-state index is 11.1. The maximum Gasteiger partial charge on any atom is 0.320 e. The first kappa shape index (κ1) is 15.4. The predicted octanol–water partition coefficient (Wildman–Crippen LogP) is 3.04. The van der Waals surface area contributed by atoms with Crippen LogP contribution in [0.5, 0.6) is 0 Å². The average molecular weight is 229 g/mol. The van der Waals surface area contributed by atoms with E-state index >= 15 is 0 Å². The van der Waals surface area contributed by atoms with E-state index in [0.29, 0.717) is 18.4 Å². The van der Waals surface area contributed by atoms with Crippen molar-refractivity contribution >= 4 is 5.97 Å². The van der Waals surface area contributed by atoms with Gasteiger partial charge >= 0.3 is 5.97 Å². The molecule has 0 bridgehead atoms. The first-order chi connectivity index (χ1) is 7.51. The molecule has 0 aliphatic heterocycles. The van der Waals surface area contributed by atoms with Crippen molar-refractivity contribution in [3.63, 3.8) is 0 Å². The fourth-order valence-electron chi connectivity index (χ4n) is 1.85. The number of unbranched alkanes of at least 4 members (excludes halogenated alkanes) is 1. The van der Waals surface area contributed by atoms with Crippen LogP contribution in [0.15, 0.2) is 0 Å². The van der Waals surface area contributed by atoms with E-state index in [1.807, 2.05) is 0 Å². The lowest BCUT2D eigenvalue weighted by Gasteiger charge is -2.23. The van der Waals surface area contributed by atoms with Gasteiger partial charge in [-0.2, -0.15) is 0 Å². The first-order valence-electron chi connectivity index (χ1n) is 6.50. The quantitative estimate of drug-likeness (QED) is 0.639. The van der Waals surface area contributed by atoms with E-state index in [1.54, 1.807) is 0 Å². The molecule has 0 aliphatic rings. The van der Waals surface area contributed by atoms with E-state index in [-0.39, 0.29) is 6.04 Å². The monoisotopic (exact) mass is 229 g/mol. The molecule has 0 fully saturated rings. The van der Waals surface area contributed by atoms with Crippen LogP contribution in [0, 0.1) is 5.92 Å². The molecule has 3 nitrogen and oxygen atoms in total. The van der Waals surface area contributed by atoms with Crippen molar-refractivity contribution in [2.24, 2.45) is 5.92 Å². The summed E-state index contributed by atoms with van der Waals surface area (Å²) in [6.07, 6.45) is 5.12. The van der Waals surface area contributed by atoms with Gasteiger partial charge < -0.3 is 10.4 Å². The first-order valence-corrected chi connectivity index (χ1v) is 6.50. The number of carboxylic acids is 1. The Labute approximate surface area is 99.6 Å². The molecule has 0 aliphatic carbocycles. The highest BCUT2D eigenvalue weighted by Crippen LogP contribution is 2.10. The fourth-order valence-corrected chi connectivity index (χ4v) is 1.85. The van der Waals surface area contributed by atoms with Gasteiger partial charge in [-0.15, -0.1) is 0 Å². The van der Waals surface area contributed by atoms with Crippen molar-refractivity contribution in [3.05, 3.63) is 0 Å². The van der Waals surface area contributed by atoms with Gasteiger partial charge in [-0.05, 0) is 25.2 Å².